The van der Waals surface area contributed by atoms with Crippen molar-refractivity contribution in [1.29, 1.82) is 0 Å². The molecular weight excluding hydrogens is 358 g/mol. The van der Waals surface area contributed by atoms with Gasteiger partial charge in [0.05, 0.1) is 5.69 Å². The van der Waals surface area contributed by atoms with E-state index >= 15 is 0 Å². The summed E-state index contributed by atoms with van der Waals surface area (Å²) in [6.45, 7) is 8.21. The van der Waals surface area contributed by atoms with Gasteiger partial charge in [-0.1, -0.05) is 5.16 Å². The van der Waals surface area contributed by atoms with Crippen molar-refractivity contribution in [3.8, 4) is 0 Å². The van der Waals surface area contributed by atoms with E-state index in [1.54, 1.807) is 26.1 Å². The first kappa shape index (κ1) is 19.3. The van der Waals surface area contributed by atoms with Crippen LogP contribution in [-0.2, 0) is 0 Å². The molecule has 0 saturated heterocycles. The van der Waals surface area contributed by atoms with Crippen molar-refractivity contribution in [2.24, 2.45) is 0 Å². The van der Waals surface area contributed by atoms with E-state index in [9.17, 15) is 4.79 Å². The lowest BCUT2D eigenvalue weighted by molar-refractivity contribution is 0.0953. The number of aryl methyl sites for hydroxylation is 4. The van der Waals surface area contributed by atoms with Gasteiger partial charge in [-0.3, -0.25) is 4.79 Å². The first-order valence-electron chi connectivity index (χ1n) is 8.92. The van der Waals surface area contributed by atoms with Gasteiger partial charge < -0.3 is 20.5 Å². The molecule has 3 heterocycles. The zero-order valence-corrected chi connectivity index (χ0v) is 16.3. The Bertz CT molecular complexity index is 965. The Morgan fingerprint density at radius 3 is 2.54 bits per heavy atom. The molecular formula is C19H23N7O2. The first-order valence-corrected chi connectivity index (χ1v) is 8.92. The highest BCUT2D eigenvalue weighted by molar-refractivity contribution is 5.96. The lowest BCUT2D eigenvalue weighted by Gasteiger charge is -2.10. The fourth-order valence-corrected chi connectivity index (χ4v) is 2.72. The molecule has 0 aliphatic carbocycles. The molecule has 1 amide bonds. The highest BCUT2D eigenvalue weighted by Gasteiger charge is 2.16. The van der Waals surface area contributed by atoms with Crippen molar-refractivity contribution in [2.75, 3.05) is 23.7 Å². The van der Waals surface area contributed by atoms with Gasteiger partial charge in [-0.2, -0.15) is 0 Å². The van der Waals surface area contributed by atoms with Gasteiger partial charge in [-0.15, -0.1) is 0 Å². The van der Waals surface area contributed by atoms with Crippen LogP contribution in [0, 0.1) is 27.7 Å². The predicted octanol–water partition coefficient (Wildman–Crippen LogP) is 2.68. The second-order valence-corrected chi connectivity index (χ2v) is 6.41. The number of pyridine rings is 1. The SMILES string of the molecule is Cc1ccnc(Nc2cc(NCCNC(=O)c3c(C)noc3C)nc(C)n2)c1. The monoisotopic (exact) mass is 381 g/mol. The van der Waals surface area contributed by atoms with Crippen LogP contribution in [0.2, 0.25) is 0 Å². The molecule has 0 unspecified atom stereocenters. The number of rotatable bonds is 7. The minimum absolute atomic E-state index is 0.204. The van der Waals surface area contributed by atoms with Crippen LogP contribution in [0.4, 0.5) is 17.5 Å². The molecule has 0 aliphatic heterocycles. The van der Waals surface area contributed by atoms with Crippen molar-refractivity contribution >= 4 is 23.4 Å². The van der Waals surface area contributed by atoms with Gasteiger partial charge in [0.25, 0.3) is 5.91 Å². The summed E-state index contributed by atoms with van der Waals surface area (Å²) in [6, 6.07) is 5.67. The maximum Gasteiger partial charge on any atom is 0.256 e. The summed E-state index contributed by atoms with van der Waals surface area (Å²) in [7, 11) is 0. The van der Waals surface area contributed by atoms with Crippen LogP contribution >= 0.6 is 0 Å². The van der Waals surface area contributed by atoms with Crippen LogP contribution < -0.4 is 16.0 Å². The zero-order chi connectivity index (χ0) is 20.1. The molecule has 28 heavy (non-hydrogen) atoms. The highest BCUT2D eigenvalue weighted by Crippen LogP contribution is 2.16. The Hall–Kier alpha value is -3.49. The molecule has 3 N–H and O–H groups in total. The second kappa shape index (κ2) is 8.47. The number of carbonyl (C=O) groups is 1. The Morgan fingerprint density at radius 2 is 1.82 bits per heavy atom. The van der Waals surface area contributed by atoms with Crippen LogP contribution in [0.25, 0.3) is 0 Å². The Balaban J connectivity index is 1.56. The van der Waals surface area contributed by atoms with Crippen LogP contribution in [-0.4, -0.2) is 39.1 Å². The first-order chi connectivity index (χ1) is 13.4. The Kier molecular flexibility index (Phi) is 5.83. The molecule has 0 radical (unpaired) electrons. The fraction of sp³-hybridized carbons (Fsp3) is 0.316. The normalized spacial score (nSPS) is 10.6. The molecule has 0 atom stereocenters. The molecule has 146 valence electrons. The fourth-order valence-electron chi connectivity index (χ4n) is 2.72. The van der Waals surface area contributed by atoms with E-state index < -0.39 is 0 Å². The van der Waals surface area contributed by atoms with E-state index in [1.165, 1.54) is 0 Å². The number of hydrogen-bond acceptors (Lipinski definition) is 8. The third kappa shape index (κ3) is 4.81. The summed E-state index contributed by atoms with van der Waals surface area (Å²) in [6.07, 6.45) is 1.74. The number of anilines is 3. The molecule has 3 aromatic rings. The molecule has 3 aromatic heterocycles. The molecule has 0 aliphatic rings. The van der Waals surface area contributed by atoms with Gasteiger partial charge in [0.1, 0.15) is 34.6 Å². The molecule has 0 aromatic carbocycles. The summed E-state index contributed by atoms with van der Waals surface area (Å²) < 4.78 is 5.02. The largest absolute Gasteiger partial charge is 0.368 e. The number of nitrogens with one attached hydrogen (secondary N) is 3. The van der Waals surface area contributed by atoms with E-state index in [2.05, 4.69) is 36.1 Å². The predicted molar refractivity (Wildman–Crippen MR) is 106 cm³/mol. The van der Waals surface area contributed by atoms with Crippen molar-refractivity contribution < 1.29 is 9.32 Å². The van der Waals surface area contributed by atoms with Gasteiger partial charge in [0.15, 0.2) is 0 Å². The van der Waals surface area contributed by atoms with Gasteiger partial charge in [-0.25, -0.2) is 15.0 Å². The summed E-state index contributed by atoms with van der Waals surface area (Å²) in [5, 5.41) is 13.0. The maximum absolute atomic E-state index is 12.2. The standard InChI is InChI=1S/C19H23N7O2/c1-11-5-6-20-15(9-11)25-17-10-16(23-14(4)24-17)21-7-8-22-19(27)18-12(2)26-28-13(18)3/h5-6,9-10H,7-8H2,1-4H3,(H,22,27)(H2,20,21,23,24,25). The maximum atomic E-state index is 12.2. The second-order valence-electron chi connectivity index (χ2n) is 6.41. The van der Waals surface area contributed by atoms with Gasteiger partial charge in [0, 0.05) is 25.4 Å². The van der Waals surface area contributed by atoms with Crippen LogP contribution in [0.1, 0.15) is 33.2 Å². The zero-order valence-electron chi connectivity index (χ0n) is 16.3. The summed E-state index contributed by atoms with van der Waals surface area (Å²) in [5.41, 5.74) is 2.17. The number of aromatic nitrogens is 4. The minimum atomic E-state index is -0.204. The average Bonchev–Trinajstić information content (AvgIpc) is 2.97. The van der Waals surface area contributed by atoms with E-state index in [0.29, 0.717) is 47.6 Å². The van der Waals surface area contributed by atoms with E-state index in [0.717, 1.165) is 11.4 Å². The van der Waals surface area contributed by atoms with Crippen LogP contribution in [0.3, 0.4) is 0 Å². The van der Waals surface area contributed by atoms with Crippen molar-refractivity contribution in [3.63, 3.8) is 0 Å². The van der Waals surface area contributed by atoms with Crippen molar-refractivity contribution in [2.45, 2.75) is 27.7 Å². The molecule has 0 fully saturated rings. The van der Waals surface area contributed by atoms with Crippen LogP contribution in [0.15, 0.2) is 28.9 Å². The van der Waals surface area contributed by atoms with E-state index in [-0.39, 0.29) is 5.91 Å². The van der Waals surface area contributed by atoms with E-state index in [1.807, 2.05) is 26.0 Å². The highest BCUT2D eigenvalue weighted by atomic mass is 16.5. The number of amides is 1. The number of carbonyl (C=O) groups excluding carboxylic acids is 1. The average molecular weight is 381 g/mol. The third-order valence-electron chi connectivity index (χ3n) is 3.99. The molecule has 0 saturated carbocycles. The van der Waals surface area contributed by atoms with Gasteiger partial charge >= 0.3 is 0 Å². The Morgan fingerprint density at radius 1 is 1.04 bits per heavy atom. The summed E-state index contributed by atoms with van der Waals surface area (Å²) >= 11 is 0. The number of nitrogens with zero attached hydrogens (tertiary/aromatic N) is 4. The number of hydrogen-bond donors (Lipinski definition) is 3. The summed E-state index contributed by atoms with van der Waals surface area (Å²) in [5.74, 6) is 2.96. The van der Waals surface area contributed by atoms with Crippen molar-refractivity contribution in [3.05, 3.63) is 52.8 Å². The molecule has 3 rings (SSSR count). The lowest BCUT2D eigenvalue weighted by Crippen LogP contribution is -2.29. The quantitative estimate of drug-likeness (QED) is 0.535. The van der Waals surface area contributed by atoms with Crippen molar-refractivity contribution in [1.82, 2.24) is 25.4 Å². The smallest absolute Gasteiger partial charge is 0.256 e. The van der Waals surface area contributed by atoms with E-state index in [4.69, 9.17) is 4.52 Å². The summed E-state index contributed by atoms with van der Waals surface area (Å²) in [4.78, 5) is 25.2. The van der Waals surface area contributed by atoms with Gasteiger partial charge in [-0.05, 0) is 45.4 Å². The minimum Gasteiger partial charge on any atom is -0.368 e. The molecule has 9 heteroatoms. The molecule has 0 bridgehead atoms. The molecule has 9 nitrogen and oxygen atoms in total. The van der Waals surface area contributed by atoms with Crippen LogP contribution in [0.5, 0.6) is 0 Å². The lowest BCUT2D eigenvalue weighted by atomic mass is 10.2. The molecule has 0 spiro atoms. The topological polar surface area (TPSA) is 118 Å². The van der Waals surface area contributed by atoms with Gasteiger partial charge in [0.2, 0.25) is 0 Å². The Labute approximate surface area is 163 Å². The third-order valence-corrected chi connectivity index (χ3v) is 3.99.